The van der Waals surface area contributed by atoms with Crippen LogP contribution >= 0.6 is 0 Å². The molecule has 1 aliphatic rings. The lowest BCUT2D eigenvalue weighted by molar-refractivity contribution is 0.390. The van der Waals surface area contributed by atoms with E-state index in [1.807, 2.05) is 19.9 Å². The van der Waals surface area contributed by atoms with Crippen LogP contribution in [0.15, 0.2) is 22.7 Å². The van der Waals surface area contributed by atoms with Gasteiger partial charge in [-0.05, 0) is 63.3 Å². The van der Waals surface area contributed by atoms with Crippen molar-refractivity contribution in [2.45, 2.75) is 52.1 Å². The highest BCUT2D eigenvalue weighted by Gasteiger charge is 2.24. The van der Waals surface area contributed by atoms with E-state index in [0.29, 0.717) is 6.04 Å². The van der Waals surface area contributed by atoms with Gasteiger partial charge < -0.3 is 9.84 Å². The van der Waals surface area contributed by atoms with Crippen molar-refractivity contribution in [2.24, 2.45) is 0 Å². The number of hydrogen-bond acceptors (Lipinski definition) is 3. The molecule has 2 aromatic rings. The molecule has 0 fully saturated rings. The quantitative estimate of drug-likeness (QED) is 0.933. The molecule has 0 saturated carbocycles. The Morgan fingerprint density at radius 2 is 2.24 bits per heavy atom. The van der Waals surface area contributed by atoms with Gasteiger partial charge in [-0.3, -0.25) is 0 Å². The molecule has 2 atom stereocenters. The molecule has 3 nitrogen and oxygen atoms in total. The van der Waals surface area contributed by atoms with Gasteiger partial charge in [0.05, 0.1) is 5.69 Å². The number of nitrogens with one attached hydrogen (secondary N) is 1. The van der Waals surface area contributed by atoms with Crippen LogP contribution in [0.4, 0.5) is 4.39 Å². The third-order valence-corrected chi connectivity index (χ3v) is 4.36. The minimum absolute atomic E-state index is 0.152. The van der Waals surface area contributed by atoms with Gasteiger partial charge in [0.15, 0.2) is 0 Å². The molecule has 21 heavy (non-hydrogen) atoms. The Labute approximate surface area is 124 Å². The van der Waals surface area contributed by atoms with Crippen LogP contribution in [0, 0.1) is 19.7 Å². The van der Waals surface area contributed by atoms with Crippen molar-refractivity contribution in [3.63, 3.8) is 0 Å². The summed E-state index contributed by atoms with van der Waals surface area (Å²) in [4.78, 5) is 0. The van der Waals surface area contributed by atoms with Gasteiger partial charge in [-0.25, -0.2) is 4.39 Å². The lowest BCUT2D eigenvalue weighted by Gasteiger charge is -2.20. The summed E-state index contributed by atoms with van der Waals surface area (Å²) >= 11 is 0. The molecule has 1 N–H and O–H groups in total. The third-order valence-electron chi connectivity index (χ3n) is 4.36. The first-order valence-electron chi connectivity index (χ1n) is 7.50. The standard InChI is InChI=1S/C17H21FN2O/c1-10(8-15-11(2)20-21-12(15)3)19-17-7-5-13-4-6-14(18)9-16(13)17/h4,6,9-10,17,19H,5,7-8H2,1-3H3/t10-,17-/m0/s1. The second-order valence-electron chi connectivity index (χ2n) is 6.01. The summed E-state index contributed by atoms with van der Waals surface area (Å²) in [6.07, 6.45) is 2.93. The predicted octanol–water partition coefficient (Wildman–Crippen LogP) is 3.64. The van der Waals surface area contributed by atoms with Gasteiger partial charge in [-0.2, -0.15) is 0 Å². The van der Waals surface area contributed by atoms with Crippen LogP contribution in [0.2, 0.25) is 0 Å². The van der Waals surface area contributed by atoms with Crippen LogP contribution in [-0.4, -0.2) is 11.2 Å². The Kier molecular flexibility index (Phi) is 3.81. The number of aromatic nitrogens is 1. The molecular weight excluding hydrogens is 267 g/mol. The van der Waals surface area contributed by atoms with E-state index >= 15 is 0 Å². The maximum absolute atomic E-state index is 13.4. The van der Waals surface area contributed by atoms with Gasteiger partial charge in [0.1, 0.15) is 11.6 Å². The first-order valence-corrected chi connectivity index (χ1v) is 7.50. The Balaban J connectivity index is 1.70. The molecule has 0 amide bonds. The van der Waals surface area contributed by atoms with Gasteiger partial charge in [-0.15, -0.1) is 0 Å². The monoisotopic (exact) mass is 288 g/mol. The highest BCUT2D eigenvalue weighted by Crippen LogP contribution is 2.32. The zero-order chi connectivity index (χ0) is 15.0. The first kappa shape index (κ1) is 14.3. The first-order chi connectivity index (χ1) is 10.0. The summed E-state index contributed by atoms with van der Waals surface area (Å²) in [6.45, 7) is 6.07. The molecule has 0 radical (unpaired) electrons. The average molecular weight is 288 g/mol. The summed E-state index contributed by atoms with van der Waals surface area (Å²) < 4.78 is 18.6. The zero-order valence-electron chi connectivity index (χ0n) is 12.7. The lowest BCUT2D eigenvalue weighted by atomic mass is 10.0. The van der Waals surface area contributed by atoms with E-state index in [1.165, 1.54) is 11.1 Å². The van der Waals surface area contributed by atoms with E-state index < -0.39 is 0 Å². The van der Waals surface area contributed by atoms with Crippen LogP contribution in [0.25, 0.3) is 0 Å². The summed E-state index contributed by atoms with van der Waals surface area (Å²) in [5.74, 6) is 0.736. The number of hydrogen-bond donors (Lipinski definition) is 1. The fraction of sp³-hybridized carbons (Fsp3) is 0.471. The molecule has 0 unspecified atom stereocenters. The predicted molar refractivity (Wildman–Crippen MR) is 79.7 cm³/mol. The lowest BCUT2D eigenvalue weighted by Crippen LogP contribution is -2.31. The number of nitrogens with zero attached hydrogens (tertiary/aromatic N) is 1. The smallest absolute Gasteiger partial charge is 0.137 e. The molecule has 0 saturated heterocycles. The van der Waals surface area contributed by atoms with Gasteiger partial charge >= 0.3 is 0 Å². The fourth-order valence-corrected chi connectivity index (χ4v) is 3.25. The second kappa shape index (κ2) is 5.60. The zero-order valence-corrected chi connectivity index (χ0v) is 12.7. The number of aryl methyl sites for hydroxylation is 3. The maximum Gasteiger partial charge on any atom is 0.137 e. The fourth-order valence-electron chi connectivity index (χ4n) is 3.25. The molecule has 0 aliphatic heterocycles. The topological polar surface area (TPSA) is 38.1 Å². The van der Waals surface area contributed by atoms with Crippen molar-refractivity contribution >= 4 is 0 Å². The molecule has 3 rings (SSSR count). The molecule has 1 aromatic heterocycles. The van der Waals surface area contributed by atoms with Crippen LogP contribution < -0.4 is 5.32 Å². The van der Waals surface area contributed by atoms with Crippen molar-refractivity contribution in [1.29, 1.82) is 0 Å². The largest absolute Gasteiger partial charge is 0.361 e. The van der Waals surface area contributed by atoms with Gasteiger partial charge in [-0.1, -0.05) is 11.2 Å². The molecule has 1 heterocycles. The van der Waals surface area contributed by atoms with Crippen molar-refractivity contribution in [1.82, 2.24) is 10.5 Å². The summed E-state index contributed by atoms with van der Waals surface area (Å²) in [6, 6.07) is 5.66. The molecule has 1 aromatic carbocycles. The van der Waals surface area contributed by atoms with E-state index in [4.69, 9.17) is 4.52 Å². The van der Waals surface area contributed by atoms with Gasteiger partial charge in [0.2, 0.25) is 0 Å². The van der Waals surface area contributed by atoms with Crippen LogP contribution in [0.3, 0.4) is 0 Å². The van der Waals surface area contributed by atoms with E-state index in [2.05, 4.69) is 17.4 Å². The van der Waals surface area contributed by atoms with E-state index in [9.17, 15) is 4.39 Å². The SMILES string of the molecule is Cc1noc(C)c1C[C@H](C)N[C@H]1CCc2ccc(F)cc21. The highest BCUT2D eigenvalue weighted by molar-refractivity contribution is 5.35. The molecular formula is C17H21FN2O. The van der Waals surface area contributed by atoms with E-state index in [0.717, 1.165) is 36.3 Å². The Morgan fingerprint density at radius 1 is 1.43 bits per heavy atom. The number of rotatable bonds is 4. The van der Waals surface area contributed by atoms with Crippen LogP contribution in [0.5, 0.6) is 0 Å². The molecule has 4 heteroatoms. The van der Waals surface area contributed by atoms with Gasteiger partial charge in [0, 0.05) is 17.6 Å². The molecule has 1 aliphatic carbocycles. The molecule has 0 spiro atoms. The van der Waals surface area contributed by atoms with Crippen molar-refractivity contribution in [2.75, 3.05) is 0 Å². The number of benzene rings is 1. The maximum atomic E-state index is 13.4. The normalized spacial score (nSPS) is 18.8. The highest BCUT2D eigenvalue weighted by atomic mass is 19.1. The third kappa shape index (κ3) is 2.86. The average Bonchev–Trinajstić information content (AvgIpc) is 2.97. The van der Waals surface area contributed by atoms with Gasteiger partial charge in [0.25, 0.3) is 0 Å². The Bertz CT molecular complexity index is 631. The molecule has 112 valence electrons. The van der Waals surface area contributed by atoms with Crippen molar-refractivity contribution in [3.8, 4) is 0 Å². The summed E-state index contributed by atoms with van der Waals surface area (Å²) in [7, 11) is 0. The Morgan fingerprint density at radius 3 is 2.95 bits per heavy atom. The van der Waals surface area contributed by atoms with Crippen LogP contribution in [-0.2, 0) is 12.8 Å². The summed E-state index contributed by atoms with van der Waals surface area (Å²) in [5.41, 5.74) is 4.51. The minimum atomic E-state index is -0.152. The summed E-state index contributed by atoms with van der Waals surface area (Å²) in [5, 5.41) is 7.62. The second-order valence-corrected chi connectivity index (χ2v) is 6.01. The number of halogens is 1. The molecule has 0 bridgehead atoms. The minimum Gasteiger partial charge on any atom is -0.361 e. The number of fused-ring (bicyclic) bond motifs is 1. The van der Waals surface area contributed by atoms with E-state index in [-0.39, 0.29) is 11.9 Å². The van der Waals surface area contributed by atoms with Crippen LogP contribution in [0.1, 0.15) is 47.5 Å². The van der Waals surface area contributed by atoms with Crippen molar-refractivity contribution < 1.29 is 8.91 Å². The Hall–Kier alpha value is -1.68. The van der Waals surface area contributed by atoms with E-state index in [1.54, 1.807) is 12.1 Å². The van der Waals surface area contributed by atoms with Crippen molar-refractivity contribution in [3.05, 3.63) is 52.2 Å².